The molecule has 0 N–H and O–H groups in total. The van der Waals surface area contributed by atoms with E-state index in [1.54, 1.807) is 12.1 Å². The van der Waals surface area contributed by atoms with Gasteiger partial charge in [0, 0.05) is 20.4 Å². The molecule has 0 unspecified atom stereocenters. The zero-order chi connectivity index (χ0) is 21.8. The SMILES string of the molecule is C#CCOc1c(C=Nn2c(C(C)C)nc3ccc(Br)cc3c2=O)cc(Br)cc1OC. The molecule has 0 saturated heterocycles. The lowest BCUT2D eigenvalue weighted by molar-refractivity contribution is 0.330. The molecule has 3 aromatic rings. The second-order valence-electron chi connectivity index (χ2n) is 6.67. The van der Waals surface area contributed by atoms with Crippen LogP contribution in [0.25, 0.3) is 10.9 Å². The van der Waals surface area contributed by atoms with Crippen molar-refractivity contribution in [3.05, 3.63) is 61.0 Å². The van der Waals surface area contributed by atoms with Crippen LogP contribution in [0.1, 0.15) is 31.2 Å². The van der Waals surface area contributed by atoms with Crippen LogP contribution in [0.5, 0.6) is 11.5 Å². The second-order valence-corrected chi connectivity index (χ2v) is 8.50. The number of hydrogen-bond acceptors (Lipinski definition) is 5. The monoisotopic (exact) mass is 531 g/mol. The predicted octanol–water partition coefficient (Wildman–Crippen LogP) is 4.95. The molecule has 1 aromatic heterocycles. The summed E-state index contributed by atoms with van der Waals surface area (Å²) in [5.41, 5.74) is 0.974. The van der Waals surface area contributed by atoms with E-state index in [1.165, 1.54) is 18.0 Å². The number of aromatic nitrogens is 2. The molecule has 2 aromatic carbocycles. The van der Waals surface area contributed by atoms with Gasteiger partial charge in [0.25, 0.3) is 5.56 Å². The van der Waals surface area contributed by atoms with Gasteiger partial charge in [-0.2, -0.15) is 9.78 Å². The normalized spacial score (nSPS) is 11.2. The highest BCUT2D eigenvalue weighted by Crippen LogP contribution is 2.34. The summed E-state index contributed by atoms with van der Waals surface area (Å²) in [4.78, 5) is 17.8. The van der Waals surface area contributed by atoms with Crippen molar-refractivity contribution >= 4 is 49.0 Å². The van der Waals surface area contributed by atoms with Crippen molar-refractivity contribution in [2.75, 3.05) is 13.7 Å². The Labute approximate surface area is 191 Å². The van der Waals surface area contributed by atoms with Crippen molar-refractivity contribution in [1.29, 1.82) is 0 Å². The maximum Gasteiger partial charge on any atom is 0.282 e. The van der Waals surface area contributed by atoms with E-state index < -0.39 is 0 Å². The number of rotatable bonds is 6. The molecule has 0 atom stereocenters. The molecule has 0 amide bonds. The van der Waals surface area contributed by atoms with Gasteiger partial charge in [0.15, 0.2) is 11.5 Å². The van der Waals surface area contributed by atoms with E-state index in [9.17, 15) is 4.79 Å². The van der Waals surface area contributed by atoms with Crippen molar-refractivity contribution in [3.63, 3.8) is 0 Å². The van der Waals surface area contributed by atoms with Crippen molar-refractivity contribution in [2.24, 2.45) is 5.10 Å². The molecule has 0 fully saturated rings. The van der Waals surface area contributed by atoms with E-state index in [2.05, 4.69) is 47.9 Å². The highest BCUT2D eigenvalue weighted by Gasteiger charge is 2.15. The van der Waals surface area contributed by atoms with Crippen LogP contribution in [0.3, 0.4) is 0 Å². The quantitative estimate of drug-likeness (QED) is 0.333. The third kappa shape index (κ3) is 4.58. The molecule has 0 radical (unpaired) electrons. The van der Waals surface area contributed by atoms with E-state index in [-0.39, 0.29) is 18.1 Å². The predicted molar refractivity (Wildman–Crippen MR) is 126 cm³/mol. The van der Waals surface area contributed by atoms with Crippen molar-refractivity contribution in [3.8, 4) is 23.8 Å². The molecular formula is C22H19Br2N3O3. The van der Waals surface area contributed by atoms with Crippen molar-refractivity contribution < 1.29 is 9.47 Å². The van der Waals surface area contributed by atoms with Crippen LogP contribution in [0.4, 0.5) is 0 Å². The van der Waals surface area contributed by atoms with E-state index in [1.807, 2.05) is 32.0 Å². The van der Waals surface area contributed by atoms with Crippen LogP contribution in [-0.4, -0.2) is 29.6 Å². The van der Waals surface area contributed by atoms with E-state index in [0.29, 0.717) is 33.8 Å². The molecule has 1 heterocycles. The first-order valence-electron chi connectivity index (χ1n) is 9.06. The Balaban J connectivity index is 2.20. The van der Waals surface area contributed by atoms with Gasteiger partial charge in [-0.15, -0.1) is 6.42 Å². The topological polar surface area (TPSA) is 65.7 Å². The number of halogens is 2. The zero-order valence-corrected chi connectivity index (χ0v) is 19.8. The highest BCUT2D eigenvalue weighted by atomic mass is 79.9. The van der Waals surface area contributed by atoms with Crippen molar-refractivity contribution in [2.45, 2.75) is 19.8 Å². The van der Waals surface area contributed by atoms with Gasteiger partial charge in [-0.1, -0.05) is 51.6 Å². The van der Waals surface area contributed by atoms with Crippen LogP contribution in [0, 0.1) is 12.3 Å². The molecule has 0 saturated carbocycles. The molecule has 0 aliphatic heterocycles. The first-order valence-corrected chi connectivity index (χ1v) is 10.6. The van der Waals surface area contributed by atoms with Crippen molar-refractivity contribution in [1.82, 2.24) is 9.66 Å². The first kappa shape index (κ1) is 22.1. The van der Waals surface area contributed by atoms with Gasteiger partial charge in [-0.05, 0) is 30.3 Å². The molecule has 0 aliphatic rings. The summed E-state index contributed by atoms with van der Waals surface area (Å²) in [6.07, 6.45) is 6.87. The molecule has 30 heavy (non-hydrogen) atoms. The van der Waals surface area contributed by atoms with Gasteiger partial charge < -0.3 is 9.47 Å². The fraction of sp³-hybridized carbons (Fsp3) is 0.227. The van der Waals surface area contributed by atoms with Gasteiger partial charge in [-0.3, -0.25) is 4.79 Å². The third-order valence-corrected chi connectivity index (χ3v) is 5.18. The second kappa shape index (κ2) is 9.45. The Morgan fingerprint density at radius 2 is 2.03 bits per heavy atom. The van der Waals surface area contributed by atoms with Crippen LogP contribution in [0.2, 0.25) is 0 Å². The fourth-order valence-electron chi connectivity index (χ4n) is 2.88. The van der Waals surface area contributed by atoms with Gasteiger partial charge in [-0.25, -0.2) is 4.98 Å². The molecule has 0 spiro atoms. The molecule has 3 rings (SSSR count). The Morgan fingerprint density at radius 1 is 1.27 bits per heavy atom. The minimum atomic E-state index is -0.255. The number of terminal acetylenes is 1. The average molecular weight is 533 g/mol. The van der Waals surface area contributed by atoms with Gasteiger partial charge >= 0.3 is 0 Å². The Hall–Kier alpha value is -2.63. The summed E-state index contributed by atoms with van der Waals surface area (Å²) in [7, 11) is 1.54. The third-order valence-electron chi connectivity index (χ3n) is 4.23. The summed E-state index contributed by atoms with van der Waals surface area (Å²) >= 11 is 6.86. The fourth-order valence-corrected chi connectivity index (χ4v) is 3.69. The summed E-state index contributed by atoms with van der Waals surface area (Å²) in [6, 6.07) is 8.98. The number of fused-ring (bicyclic) bond motifs is 1. The highest BCUT2D eigenvalue weighted by molar-refractivity contribution is 9.10. The van der Waals surface area contributed by atoms with Crippen LogP contribution in [-0.2, 0) is 0 Å². The number of ether oxygens (including phenoxy) is 2. The number of hydrogen-bond donors (Lipinski definition) is 0. The Kier molecular flexibility index (Phi) is 6.95. The first-order chi connectivity index (χ1) is 14.3. The lowest BCUT2D eigenvalue weighted by Crippen LogP contribution is -2.23. The molecule has 154 valence electrons. The lowest BCUT2D eigenvalue weighted by Gasteiger charge is -2.14. The van der Waals surface area contributed by atoms with Gasteiger partial charge in [0.1, 0.15) is 12.4 Å². The largest absolute Gasteiger partial charge is 0.493 e. The van der Waals surface area contributed by atoms with Crippen LogP contribution >= 0.6 is 31.9 Å². The molecule has 6 nitrogen and oxygen atoms in total. The van der Waals surface area contributed by atoms with Crippen LogP contribution < -0.4 is 15.0 Å². The molecule has 8 heteroatoms. The molecule has 0 bridgehead atoms. The maximum absolute atomic E-state index is 13.2. The maximum atomic E-state index is 13.2. The van der Waals surface area contributed by atoms with E-state index >= 15 is 0 Å². The Morgan fingerprint density at radius 3 is 2.70 bits per heavy atom. The number of benzene rings is 2. The average Bonchev–Trinajstić information content (AvgIpc) is 2.71. The minimum Gasteiger partial charge on any atom is -0.493 e. The summed E-state index contributed by atoms with van der Waals surface area (Å²) in [5, 5.41) is 4.93. The molecule has 0 aliphatic carbocycles. The van der Waals surface area contributed by atoms with Gasteiger partial charge in [0.05, 0.1) is 24.2 Å². The number of methoxy groups -OCH3 is 1. The van der Waals surface area contributed by atoms with Gasteiger partial charge in [0.2, 0.25) is 0 Å². The Bertz CT molecular complexity index is 1230. The van der Waals surface area contributed by atoms with Crippen LogP contribution in [0.15, 0.2) is 49.2 Å². The standard InChI is InChI=1S/C22H19Br2N3O3/c1-5-8-30-20-14(9-16(24)11-19(20)29-4)12-25-27-21(13(2)3)26-18-7-6-15(23)10-17(18)22(27)28/h1,6-7,9-13H,8H2,2-4H3. The zero-order valence-electron chi connectivity index (χ0n) is 16.6. The van der Waals surface area contributed by atoms with E-state index in [4.69, 9.17) is 15.9 Å². The van der Waals surface area contributed by atoms with E-state index in [0.717, 1.165) is 8.95 Å². The summed E-state index contributed by atoms with van der Waals surface area (Å²) in [6.45, 7) is 3.99. The minimum absolute atomic E-state index is 0.0166. The summed E-state index contributed by atoms with van der Waals surface area (Å²) < 4.78 is 13.9. The number of nitrogens with zero attached hydrogens (tertiary/aromatic N) is 3. The summed E-state index contributed by atoms with van der Waals surface area (Å²) in [5.74, 6) is 3.92. The smallest absolute Gasteiger partial charge is 0.282 e. The molecular weight excluding hydrogens is 514 g/mol. The lowest BCUT2D eigenvalue weighted by atomic mass is 10.2.